The number of halogens is 3. The van der Waals surface area contributed by atoms with Gasteiger partial charge in [-0.2, -0.15) is 4.98 Å². The molecule has 0 saturated heterocycles. The van der Waals surface area contributed by atoms with E-state index in [-0.39, 0.29) is 16.3 Å². The van der Waals surface area contributed by atoms with Gasteiger partial charge in [0, 0.05) is 5.56 Å². The zero-order valence-corrected chi connectivity index (χ0v) is 12.5. The average molecular weight is 346 g/mol. The maximum atomic E-state index is 13.5. The van der Waals surface area contributed by atoms with E-state index in [1.807, 2.05) is 0 Å². The normalized spacial score (nSPS) is 12.7. The minimum Gasteiger partial charge on any atom is -0.337 e. The van der Waals surface area contributed by atoms with Gasteiger partial charge in [0.25, 0.3) is 0 Å². The van der Waals surface area contributed by atoms with E-state index in [4.69, 9.17) is 10.3 Å². The lowest BCUT2D eigenvalue weighted by Gasteiger charge is -2.04. The number of rotatable bonds is 5. The molecule has 0 unspecified atom stereocenters. The summed E-state index contributed by atoms with van der Waals surface area (Å²) in [4.78, 5) is 4.14. The van der Waals surface area contributed by atoms with Crippen molar-refractivity contribution in [2.24, 2.45) is 5.73 Å². The molecule has 2 aromatic rings. The van der Waals surface area contributed by atoms with E-state index in [0.717, 1.165) is 25.3 Å². The van der Waals surface area contributed by atoms with Crippen molar-refractivity contribution in [3.8, 4) is 11.4 Å². The molecule has 0 spiro atoms. The zero-order chi connectivity index (χ0) is 14.7. The Balaban J connectivity index is 2.27. The molecule has 1 atom stereocenters. The van der Waals surface area contributed by atoms with Crippen LogP contribution in [0.3, 0.4) is 0 Å². The van der Waals surface area contributed by atoms with Crippen LogP contribution in [0.1, 0.15) is 38.1 Å². The highest BCUT2D eigenvalue weighted by Crippen LogP contribution is 2.30. The van der Waals surface area contributed by atoms with Gasteiger partial charge in [0.2, 0.25) is 11.7 Å². The lowest BCUT2D eigenvalue weighted by atomic mass is 10.1. The van der Waals surface area contributed by atoms with E-state index in [0.29, 0.717) is 11.5 Å². The van der Waals surface area contributed by atoms with E-state index in [2.05, 4.69) is 33.0 Å². The number of benzene rings is 1. The Morgan fingerprint density at radius 3 is 2.85 bits per heavy atom. The highest BCUT2D eigenvalue weighted by atomic mass is 79.9. The van der Waals surface area contributed by atoms with Crippen molar-refractivity contribution < 1.29 is 13.3 Å². The van der Waals surface area contributed by atoms with Crippen molar-refractivity contribution in [1.82, 2.24) is 10.1 Å². The molecule has 0 radical (unpaired) electrons. The van der Waals surface area contributed by atoms with Gasteiger partial charge in [-0.3, -0.25) is 0 Å². The largest absolute Gasteiger partial charge is 0.337 e. The molecule has 1 heterocycles. The molecular weight excluding hydrogens is 332 g/mol. The summed E-state index contributed by atoms with van der Waals surface area (Å²) in [6, 6.07) is 2.05. The third-order valence-corrected chi connectivity index (χ3v) is 3.68. The number of hydrogen-bond donors (Lipinski definition) is 1. The Morgan fingerprint density at radius 1 is 1.40 bits per heavy atom. The highest BCUT2D eigenvalue weighted by Gasteiger charge is 2.19. The van der Waals surface area contributed by atoms with Gasteiger partial charge in [-0.25, -0.2) is 8.78 Å². The van der Waals surface area contributed by atoms with Gasteiger partial charge in [-0.05, 0) is 34.5 Å². The third kappa shape index (κ3) is 3.04. The second-order valence-corrected chi connectivity index (χ2v) is 5.22. The van der Waals surface area contributed by atoms with Crippen molar-refractivity contribution in [1.29, 1.82) is 0 Å². The minimum atomic E-state index is -0.982. The standard InChI is InChI=1S/C13H14BrF2N3O/c1-2-3-4-9(17)13-18-12(19-20-13)7-5-6-8(15)11(16)10(7)14/h5-6,9H,2-4,17H2,1H3/t9-/m0/s1. The fourth-order valence-electron chi connectivity index (χ4n) is 1.74. The predicted molar refractivity (Wildman–Crippen MR) is 73.8 cm³/mol. The summed E-state index contributed by atoms with van der Waals surface area (Å²) in [6.07, 6.45) is 2.70. The van der Waals surface area contributed by atoms with Crippen molar-refractivity contribution in [2.75, 3.05) is 0 Å². The van der Waals surface area contributed by atoms with Gasteiger partial charge in [-0.15, -0.1) is 0 Å². The van der Waals surface area contributed by atoms with Crippen LogP contribution >= 0.6 is 15.9 Å². The summed E-state index contributed by atoms with van der Waals surface area (Å²) in [6.45, 7) is 2.06. The number of aromatic nitrogens is 2. The van der Waals surface area contributed by atoms with Crippen molar-refractivity contribution in [3.05, 3.63) is 34.1 Å². The van der Waals surface area contributed by atoms with Crippen LogP contribution in [0.2, 0.25) is 0 Å². The molecule has 20 heavy (non-hydrogen) atoms. The molecule has 0 fully saturated rings. The van der Waals surface area contributed by atoms with Crippen molar-refractivity contribution in [2.45, 2.75) is 32.2 Å². The molecule has 0 bridgehead atoms. The second-order valence-electron chi connectivity index (χ2n) is 4.43. The molecule has 2 rings (SSSR count). The Bertz CT molecular complexity index is 603. The third-order valence-electron chi connectivity index (χ3n) is 2.90. The molecule has 1 aromatic heterocycles. The molecule has 0 saturated carbocycles. The lowest BCUT2D eigenvalue weighted by Crippen LogP contribution is -2.10. The summed E-state index contributed by atoms with van der Waals surface area (Å²) < 4.78 is 31.6. The van der Waals surface area contributed by atoms with Crippen LogP contribution in [0.15, 0.2) is 21.1 Å². The quantitative estimate of drug-likeness (QED) is 0.832. The smallest absolute Gasteiger partial charge is 0.243 e. The van der Waals surface area contributed by atoms with Crippen molar-refractivity contribution in [3.63, 3.8) is 0 Å². The molecule has 2 N–H and O–H groups in total. The molecule has 0 aliphatic carbocycles. The van der Waals surface area contributed by atoms with Gasteiger partial charge < -0.3 is 10.3 Å². The number of hydrogen-bond acceptors (Lipinski definition) is 4. The monoisotopic (exact) mass is 345 g/mol. The van der Waals surface area contributed by atoms with E-state index in [1.165, 1.54) is 6.07 Å². The maximum absolute atomic E-state index is 13.5. The summed E-state index contributed by atoms with van der Waals surface area (Å²) in [5.74, 6) is -1.45. The van der Waals surface area contributed by atoms with Crippen LogP contribution in [-0.2, 0) is 0 Å². The van der Waals surface area contributed by atoms with Crippen LogP contribution in [-0.4, -0.2) is 10.1 Å². The van der Waals surface area contributed by atoms with Crippen LogP contribution in [0.25, 0.3) is 11.4 Å². The van der Waals surface area contributed by atoms with Gasteiger partial charge in [0.1, 0.15) is 0 Å². The molecular formula is C13H14BrF2N3O. The molecule has 4 nitrogen and oxygen atoms in total. The average Bonchev–Trinajstić information content (AvgIpc) is 2.92. The maximum Gasteiger partial charge on any atom is 0.243 e. The van der Waals surface area contributed by atoms with Gasteiger partial charge in [-0.1, -0.05) is 24.9 Å². The lowest BCUT2D eigenvalue weighted by molar-refractivity contribution is 0.346. The van der Waals surface area contributed by atoms with E-state index >= 15 is 0 Å². The number of unbranched alkanes of at least 4 members (excludes halogenated alkanes) is 1. The minimum absolute atomic E-state index is 0.0352. The Morgan fingerprint density at radius 2 is 2.15 bits per heavy atom. The molecule has 0 aliphatic rings. The molecule has 0 amide bonds. The number of nitrogens with two attached hydrogens (primary N) is 1. The topological polar surface area (TPSA) is 64.9 Å². The van der Waals surface area contributed by atoms with E-state index < -0.39 is 11.6 Å². The SMILES string of the molecule is CCCC[C@H](N)c1nc(-c2ccc(F)c(F)c2Br)no1. The first-order valence-corrected chi connectivity index (χ1v) is 7.07. The van der Waals surface area contributed by atoms with Gasteiger partial charge in [0.15, 0.2) is 11.6 Å². The second kappa shape index (κ2) is 6.41. The highest BCUT2D eigenvalue weighted by molar-refractivity contribution is 9.10. The van der Waals surface area contributed by atoms with Crippen LogP contribution in [0.4, 0.5) is 8.78 Å². The fraction of sp³-hybridized carbons (Fsp3) is 0.385. The molecule has 1 aromatic carbocycles. The Kier molecular flexibility index (Phi) is 4.82. The van der Waals surface area contributed by atoms with Crippen molar-refractivity contribution >= 4 is 15.9 Å². The van der Waals surface area contributed by atoms with Crippen LogP contribution < -0.4 is 5.73 Å². The summed E-state index contributed by atoms with van der Waals surface area (Å²) in [7, 11) is 0. The summed E-state index contributed by atoms with van der Waals surface area (Å²) >= 11 is 2.99. The number of nitrogens with zero attached hydrogens (tertiary/aromatic N) is 2. The molecule has 0 aliphatic heterocycles. The van der Waals surface area contributed by atoms with Crippen LogP contribution in [0, 0.1) is 11.6 Å². The van der Waals surface area contributed by atoms with Crippen LogP contribution in [0.5, 0.6) is 0 Å². The predicted octanol–water partition coefficient (Wildman–Crippen LogP) is 3.97. The molecule has 108 valence electrons. The van der Waals surface area contributed by atoms with E-state index in [1.54, 1.807) is 0 Å². The summed E-state index contributed by atoms with van der Waals surface area (Å²) in [5.41, 5.74) is 6.24. The first-order valence-electron chi connectivity index (χ1n) is 6.27. The van der Waals surface area contributed by atoms with Gasteiger partial charge >= 0.3 is 0 Å². The first-order chi connectivity index (χ1) is 9.54. The Hall–Kier alpha value is -1.34. The first kappa shape index (κ1) is 15.1. The zero-order valence-electron chi connectivity index (χ0n) is 10.9. The Labute approximate surface area is 123 Å². The summed E-state index contributed by atoms with van der Waals surface area (Å²) in [5, 5.41) is 3.76. The molecule has 7 heteroatoms. The van der Waals surface area contributed by atoms with Gasteiger partial charge in [0.05, 0.1) is 10.5 Å². The fourth-order valence-corrected chi connectivity index (χ4v) is 2.24. The van der Waals surface area contributed by atoms with E-state index in [9.17, 15) is 8.78 Å².